The van der Waals surface area contributed by atoms with E-state index in [0.717, 1.165) is 18.4 Å². The molecule has 1 N–H and O–H groups in total. The number of carbonyl (C=O) groups is 2. The highest BCUT2D eigenvalue weighted by molar-refractivity contribution is 5.92. The molecule has 21 heavy (non-hydrogen) atoms. The summed E-state index contributed by atoms with van der Waals surface area (Å²) in [5.74, 6) is 0.792. The number of amides is 2. The average Bonchev–Trinajstić information content (AvgIpc) is 2.49. The third-order valence-electron chi connectivity index (χ3n) is 3.92. The lowest BCUT2D eigenvalue weighted by Crippen LogP contribution is -2.43. The number of likely N-dealkylation sites (tertiary alicyclic amines) is 1. The molecule has 2 heterocycles. The van der Waals surface area contributed by atoms with E-state index in [-0.39, 0.29) is 23.7 Å². The van der Waals surface area contributed by atoms with Gasteiger partial charge in [0.1, 0.15) is 5.82 Å². The van der Waals surface area contributed by atoms with Gasteiger partial charge in [-0.15, -0.1) is 0 Å². The lowest BCUT2D eigenvalue weighted by atomic mass is 9.95. The Balaban J connectivity index is 1.89. The monoisotopic (exact) mass is 289 g/mol. The van der Waals surface area contributed by atoms with Crippen LogP contribution in [-0.4, -0.2) is 34.8 Å². The van der Waals surface area contributed by atoms with E-state index in [4.69, 9.17) is 0 Å². The lowest BCUT2D eigenvalue weighted by Gasteiger charge is -2.32. The fourth-order valence-corrected chi connectivity index (χ4v) is 2.56. The van der Waals surface area contributed by atoms with Gasteiger partial charge < -0.3 is 10.2 Å². The van der Waals surface area contributed by atoms with Crippen LogP contribution in [0.25, 0.3) is 0 Å². The van der Waals surface area contributed by atoms with E-state index in [2.05, 4.69) is 10.3 Å². The summed E-state index contributed by atoms with van der Waals surface area (Å²) in [5, 5.41) is 2.89. The first-order chi connectivity index (χ1) is 9.99. The third kappa shape index (κ3) is 3.80. The number of hydrogen-bond donors (Lipinski definition) is 1. The quantitative estimate of drug-likeness (QED) is 0.928. The number of hydrogen-bond acceptors (Lipinski definition) is 3. The molecule has 1 saturated heterocycles. The van der Waals surface area contributed by atoms with E-state index < -0.39 is 0 Å². The molecule has 0 radical (unpaired) electrons. The van der Waals surface area contributed by atoms with Crippen molar-refractivity contribution in [3.63, 3.8) is 0 Å². The van der Waals surface area contributed by atoms with Crippen LogP contribution in [0.1, 0.15) is 32.3 Å². The summed E-state index contributed by atoms with van der Waals surface area (Å²) in [4.78, 5) is 30.2. The summed E-state index contributed by atoms with van der Waals surface area (Å²) < 4.78 is 0. The highest BCUT2D eigenvalue weighted by Gasteiger charge is 2.28. The summed E-state index contributed by atoms with van der Waals surface area (Å²) in [7, 11) is 0. The highest BCUT2D eigenvalue weighted by Crippen LogP contribution is 2.21. The molecule has 0 atom stereocenters. The first kappa shape index (κ1) is 15.5. The number of nitrogens with one attached hydrogen (secondary N) is 1. The zero-order valence-corrected chi connectivity index (χ0v) is 12.9. The number of carbonyl (C=O) groups excluding carboxylic acids is 2. The standard InChI is InChI=1S/C16H23N3O2/c1-11(2)16(21)19-9-6-13(7-10-19)15(20)18-14-12(3)5-4-8-17-14/h4-5,8,11,13H,6-7,9-10H2,1-3H3,(H,17,18,20). The van der Waals surface area contributed by atoms with E-state index in [1.807, 2.05) is 37.8 Å². The van der Waals surface area contributed by atoms with Crippen LogP contribution in [0.15, 0.2) is 18.3 Å². The van der Waals surface area contributed by atoms with Crippen molar-refractivity contribution < 1.29 is 9.59 Å². The van der Waals surface area contributed by atoms with Crippen molar-refractivity contribution in [2.24, 2.45) is 11.8 Å². The molecule has 1 aromatic heterocycles. The van der Waals surface area contributed by atoms with Gasteiger partial charge in [0.2, 0.25) is 11.8 Å². The molecule has 2 amide bonds. The normalized spacial score (nSPS) is 16.1. The van der Waals surface area contributed by atoms with Crippen molar-refractivity contribution in [3.8, 4) is 0 Å². The molecule has 1 fully saturated rings. The number of aromatic nitrogens is 1. The van der Waals surface area contributed by atoms with Crippen LogP contribution in [0.5, 0.6) is 0 Å². The molecule has 1 aliphatic rings. The summed E-state index contributed by atoms with van der Waals surface area (Å²) in [6.07, 6.45) is 3.11. The van der Waals surface area contributed by atoms with Crippen molar-refractivity contribution in [3.05, 3.63) is 23.9 Å². The minimum Gasteiger partial charge on any atom is -0.342 e. The maximum absolute atomic E-state index is 12.3. The van der Waals surface area contributed by atoms with Crippen molar-refractivity contribution in [1.82, 2.24) is 9.88 Å². The first-order valence-electron chi connectivity index (χ1n) is 7.50. The number of anilines is 1. The van der Waals surface area contributed by atoms with Crippen LogP contribution < -0.4 is 5.32 Å². The van der Waals surface area contributed by atoms with Crippen molar-refractivity contribution >= 4 is 17.6 Å². The van der Waals surface area contributed by atoms with E-state index >= 15 is 0 Å². The summed E-state index contributed by atoms with van der Waals surface area (Å²) in [6.45, 7) is 7.06. The van der Waals surface area contributed by atoms with Crippen molar-refractivity contribution in [1.29, 1.82) is 0 Å². The second-order valence-corrected chi connectivity index (χ2v) is 5.91. The molecular weight excluding hydrogens is 266 g/mol. The van der Waals surface area contributed by atoms with Crippen LogP contribution in [0.4, 0.5) is 5.82 Å². The molecule has 1 aromatic rings. The maximum atomic E-state index is 12.3. The molecule has 5 nitrogen and oxygen atoms in total. The molecular formula is C16H23N3O2. The Labute approximate surface area is 125 Å². The fraction of sp³-hybridized carbons (Fsp3) is 0.562. The molecule has 2 rings (SSSR count). The molecule has 114 valence electrons. The summed E-state index contributed by atoms with van der Waals surface area (Å²) in [5.41, 5.74) is 0.957. The SMILES string of the molecule is Cc1cccnc1NC(=O)C1CCN(C(=O)C(C)C)CC1. The topological polar surface area (TPSA) is 62.3 Å². The van der Waals surface area contributed by atoms with Crippen molar-refractivity contribution in [2.75, 3.05) is 18.4 Å². The Morgan fingerprint density at radius 3 is 2.57 bits per heavy atom. The van der Waals surface area contributed by atoms with Gasteiger partial charge in [-0.3, -0.25) is 9.59 Å². The third-order valence-corrected chi connectivity index (χ3v) is 3.92. The molecule has 0 aliphatic carbocycles. The minimum atomic E-state index is -0.0392. The van der Waals surface area contributed by atoms with Gasteiger partial charge in [-0.25, -0.2) is 4.98 Å². The van der Waals surface area contributed by atoms with Gasteiger partial charge in [0.05, 0.1) is 0 Å². The van der Waals surface area contributed by atoms with Gasteiger partial charge in [-0.2, -0.15) is 0 Å². The Kier molecular flexibility index (Phi) is 4.94. The summed E-state index contributed by atoms with van der Waals surface area (Å²) in [6, 6.07) is 3.77. The number of pyridine rings is 1. The lowest BCUT2D eigenvalue weighted by molar-refractivity contribution is -0.137. The van der Waals surface area contributed by atoms with Gasteiger partial charge in [-0.05, 0) is 31.4 Å². The molecule has 0 aromatic carbocycles. The number of nitrogens with zero attached hydrogens (tertiary/aromatic N) is 2. The van der Waals surface area contributed by atoms with Gasteiger partial charge in [0, 0.05) is 31.1 Å². The highest BCUT2D eigenvalue weighted by atomic mass is 16.2. The molecule has 0 bridgehead atoms. The van der Waals surface area contributed by atoms with Gasteiger partial charge >= 0.3 is 0 Å². The van der Waals surface area contributed by atoms with Crippen LogP contribution in [0.3, 0.4) is 0 Å². The Morgan fingerprint density at radius 2 is 2.00 bits per heavy atom. The van der Waals surface area contributed by atoms with Crippen LogP contribution >= 0.6 is 0 Å². The number of rotatable bonds is 3. The smallest absolute Gasteiger partial charge is 0.228 e. The molecule has 0 spiro atoms. The number of piperidine rings is 1. The van der Waals surface area contributed by atoms with E-state index in [1.54, 1.807) is 6.20 Å². The summed E-state index contributed by atoms with van der Waals surface area (Å²) >= 11 is 0. The van der Waals surface area contributed by atoms with Gasteiger partial charge in [0.25, 0.3) is 0 Å². The fourth-order valence-electron chi connectivity index (χ4n) is 2.56. The van der Waals surface area contributed by atoms with Gasteiger partial charge in [-0.1, -0.05) is 19.9 Å². The van der Waals surface area contributed by atoms with E-state index in [9.17, 15) is 9.59 Å². The molecule has 0 unspecified atom stereocenters. The minimum absolute atomic E-state index is 0.00782. The van der Waals surface area contributed by atoms with Crippen molar-refractivity contribution in [2.45, 2.75) is 33.6 Å². The number of aryl methyl sites for hydroxylation is 1. The second kappa shape index (κ2) is 6.70. The van der Waals surface area contributed by atoms with Gasteiger partial charge in [0.15, 0.2) is 0 Å². The van der Waals surface area contributed by atoms with E-state index in [1.165, 1.54) is 0 Å². The molecule has 5 heteroatoms. The Morgan fingerprint density at radius 1 is 1.33 bits per heavy atom. The largest absolute Gasteiger partial charge is 0.342 e. The van der Waals surface area contributed by atoms with Crippen LogP contribution in [0.2, 0.25) is 0 Å². The zero-order chi connectivity index (χ0) is 15.4. The van der Waals surface area contributed by atoms with Crippen LogP contribution in [-0.2, 0) is 9.59 Å². The predicted molar refractivity (Wildman–Crippen MR) is 81.7 cm³/mol. The first-order valence-corrected chi connectivity index (χ1v) is 7.50. The average molecular weight is 289 g/mol. The second-order valence-electron chi connectivity index (χ2n) is 5.91. The molecule has 1 aliphatic heterocycles. The Bertz CT molecular complexity index is 520. The van der Waals surface area contributed by atoms with E-state index in [0.29, 0.717) is 18.9 Å². The predicted octanol–water partition coefficient (Wildman–Crippen LogP) is 2.22. The zero-order valence-electron chi connectivity index (χ0n) is 12.9. The van der Waals surface area contributed by atoms with Crippen LogP contribution in [0, 0.1) is 18.8 Å². The Hall–Kier alpha value is -1.91. The maximum Gasteiger partial charge on any atom is 0.228 e. The molecule has 0 saturated carbocycles.